The normalized spacial score (nSPS) is 16.4. The Balaban J connectivity index is 1.36. The van der Waals surface area contributed by atoms with Crippen molar-refractivity contribution >= 4 is 43.2 Å². The molecule has 2 heterocycles. The molecule has 0 atom stereocenters. The average molecular weight is 518 g/mol. The van der Waals surface area contributed by atoms with Crippen LogP contribution in [0.3, 0.4) is 0 Å². The average Bonchev–Trinajstić information content (AvgIpc) is 3.27. The molecule has 0 aliphatic carbocycles. The van der Waals surface area contributed by atoms with Gasteiger partial charge in [-0.05, 0) is 82.3 Å². The zero-order valence-corrected chi connectivity index (χ0v) is 21.5. The molecule has 8 nitrogen and oxygen atoms in total. The number of rotatable bonds is 8. The van der Waals surface area contributed by atoms with E-state index in [2.05, 4.69) is 9.71 Å². The maximum atomic E-state index is 13.0. The number of piperidine rings is 1. The highest BCUT2D eigenvalue weighted by Crippen LogP contribution is 2.30. The lowest BCUT2D eigenvalue weighted by atomic mass is 9.85. The van der Waals surface area contributed by atoms with Crippen molar-refractivity contribution in [3.63, 3.8) is 0 Å². The number of sulfonamides is 1. The van der Waals surface area contributed by atoms with Gasteiger partial charge in [-0.25, -0.2) is 13.4 Å². The van der Waals surface area contributed by atoms with Crippen LogP contribution in [0, 0.1) is 0 Å². The van der Waals surface area contributed by atoms with Crippen LogP contribution < -0.4 is 4.72 Å². The fraction of sp³-hybridized carbons (Fsp3) is 0.440. The first-order valence-corrected chi connectivity index (χ1v) is 14.0. The molecule has 0 spiro atoms. The molecule has 1 fully saturated rings. The Hall–Kier alpha value is -2.53. The van der Waals surface area contributed by atoms with E-state index in [1.54, 1.807) is 54.6 Å². The van der Waals surface area contributed by atoms with Gasteiger partial charge in [0.15, 0.2) is 0 Å². The predicted octanol–water partition coefficient (Wildman–Crippen LogP) is 4.01. The highest BCUT2D eigenvalue weighted by atomic mass is 32.2. The molecule has 0 radical (unpaired) electrons. The number of fused-ring (bicyclic) bond motifs is 1. The molecule has 4 rings (SSSR count). The van der Waals surface area contributed by atoms with Gasteiger partial charge in [0.25, 0.3) is 15.9 Å². The number of nitrogens with zero attached hydrogens (tertiary/aromatic N) is 2. The van der Waals surface area contributed by atoms with Crippen LogP contribution in [0.1, 0.15) is 56.3 Å². The van der Waals surface area contributed by atoms with Crippen molar-refractivity contribution in [2.24, 2.45) is 0 Å². The number of carbonyl (C=O) groups is 1. The van der Waals surface area contributed by atoms with Crippen molar-refractivity contribution in [3.05, 3.63) is 53.5 Å². The second kappa shape index (κ2) is 9.85. The van der Waals surface area contributed by atoms with E-state index in [4.69, 9.17) is 0 Å². The Morgan fingerprint density at radius 2 is 1.86 bits per heavy atom. The van der Waals surface area contributed by atoms with Crippen molar-refractivity contribution in [2.75, 3.05) is 17.8 Å². The van der Waals surface area contributed by atoms with Gasteiger partial charge in [-0.15, -0.1) is 11.3 Å². The number of aromatic nitrogens is 1. The zero-order chi connectivity index (χ0) is 25.3. The summed E-state index contributed by atoms with van der Waals surface area (Å²) >= 11 is 1.38. The van der Waals surface area contributed by atoms with Crippen LogP contribution in [0.25, 0.3) is 10.2 Å². The van der Waals surface area contributed by atoms with Crippen molar-refractivity contribution < 1.29 is 23.4 Å². The van der Waals surface area contributed by atoms with E-state index in [0.717, 1.165) is 11.1 Å². The van der Waals surface area contributed by atoms with Gasteiger partial charge in [0.05, 0.1) is 21.4 Å². The highest BCUT2D eigenvalue weighted by molar-refractivity contribution is 7.93. The Bertz CT molecular complexity index is 1290. The van der Waals surface area contributed by atoms with Gasteiger partial charge in [0, 0.05) is 24.3 Å². The summed E-state index contributed by atoms with van der Waals surface area (Å²) in [6, 6.07) is 11.4. The fourth-order valence-corrected chi connectivity index (χ4v) is 6.38. The van der Waals surface area contributed by atoms with E-state index in [9.17, 15) is 23.4 Å². The third kappa shape index (κ3) is 6.19. The summed E-state index contributed by atoms with van der Waals surface area (Å²) in [6.45, 7) is 4.42. The van der Waals surface area contributed by atoms with Crippen molar-refractivity contribution in [2.45, 2.75) is 62.0 Å². The lowest BCUT2D eigenvalue weighted by Crippen LogP contribution is -2.46. The number of nitrogens with one attached hydrogen (secondary N) is 1. The molecular formula is C25H31N3O5S2. The van der Waals surface area contributed by atoms with E-state index in [0.29, 0.717) is 55.5 Å². The Morgan fingerprint density at radius 1 is 1.17 bits per heavy atom. The molecular weight excluding hydrogens is 486 g/mol. The Labute approximate surface area is 209 Å². The van der Waals surface area contributed by atoms with Gasteiger partial charge in [-0.3, -0.25) is 9.52 Å². The fourth-order valence-electron chi connectivity index (χ4n) is 4.38. The SMILES string of the molecule is CC(C)(O)CCCC1(O)CCN(C(=O)c2ccc(NS(=O)(=O)c3cccc4scnc34)cc2)CC1. The highest BCUT2D eigenvalue weighted by Gasteiger charge is 2.34. The zero-order valence-electron chi connectivity index (χ0n) is 19.9. The summed E-state index contributed by atoms with van der Waals surface area (Å²) < 4.78 is 29.2. The molecule has 1 aromatic heterocycles. The minimum atomic E-state index is -3.84. The summed E-state index contributed by atoms with van der Waals surface area (Å²) in [6.07, 6.45) is 2.92. The van der Waals surface area contributed by atoms with Crippen LogP contribution >= 0.6 is 11.3 Å². The quantitative estimate of drug-likeness (QED) is 0.415. The summed E-state index contributed by atoms with van der Waals surface area (Å²) in [7, 11) is -3.84. The number of benzene rings is 2. The minimum absolute atomic E-state index is 0.111. The first kappa shape index (κ1) is 25.6. The summed E-state index contributed by atoms with van der Waals surface area (Å²) in [4.78, 5) is 19.0. The number of amides is 1. The predicted molar refractivity (Wildman–Crippen MR) is 137 cm³/mol. The standard InChI is InChI=1S/C25H31N3O5S2/c1-24(2,30)11-4-12-25(31)13-15-28(16-14-25)23(29)18-7-9-19(10-8-18)27-35(32,33)21-6-3-5-20-22(21)26-17-34-20/h3,5-10,17,27,30-31H,4,11-16H2,1-2H3. The number of thiazole rings is 1. The van der Waals surface area contributed by atoms with Crippen LogP contribution in [0.2, 0.25) is 0 Å². The van der Waals surface area contributed by atoms with Gasteiger partial charge in [-0.1, -0.05) is 6.07 Å². The second-order valence-corrected chi connectivity index (χ2v) is 12.4. The molecule has 2 aromatic carbocycles. The third-order valence-electron chi connectivity index (χ3n) is 6.41. The van der Waals surface area contributed by atoms with Crippen molar-refractivity contribution in [1.29, 1.82) is 0 Å². The molecule has 0 saturated carbocycles. The molecule has 188 valence electrons. The maximum absolute atomic E-state index is 13.0. The van der Waals surface area contributed by atoms with Gasteiger partial charge < -0.3 is 15.1 Å². The number of para-hydroxylation sites is 1. The van der Waals surface area contributed by atoms with Gasteiger partial charge in [0.1, 0.15) is 10.4 Å². The molecule has 10 heteroatoms. The number of hydrogen-bond donors (Lipinski definition) is 3. The Morgan fingerprint density at radius 3 is 2.51 bits per heavy atom. The largest absolute Gasteiger partial charge is 0.390 e. The molecule has 0 bridgehead atoms. The van der Waals surface area contributed by atoms with Crippen LogP contribution in [0.15, 0.2) is 52.9 Å². The topological polar surface area (TPSA) is 120 Å². The number of likely N-dealkylation sites (tertiary alicyclic amines) is 1. The maximum Gasteiger partial charge on any atom is 0.264 e. The molecule has 1 saturated heterocycles. The van der Waals surface area contributed by atoms with Crippen LogP contribution in [-0.4, -0.2) is 58.7 Å². The van der Waals surface area contributed by atoms with Crippen LogP contribution in [0.5, 0.6) is 0 Å². The second-order valence-electron chi connectivity index (χ2n) is 9.82. The van der Waals surface area contributed by atoms with Crippen LogP contribution in [-0.2, 0) is 10.0 Å². The van der Waals surface area contributed by atoms with E-state index in [1.165, 1.54) is 17.4 Å². The number of anilines is 1. The minimum Gasteiger partial charge on any atom is -0.390 e. The summed E-state index contributed by atoms with van der Waals surface area (Å²) in [5.74, 6) is -0.148. The molecule has 3 N–H and O–H groups in total. The molecule has 1 aliphatic rings. The monoisotopic (exact) mass is 517 g/mol. The summed E-state index contributed by atoms with van der Waals surface area (Å²) in [5.41, 5.74) is 1.30. The van der Waals surface area contributed by atoms with Gasteiger partial charge in [0.2, 0.25) is 0 Å². The lowest BCUT2D eigenvalue weighted by molar-refractivity contribution is -0.0291. The van der Waals surface area contributed by atoms with Crippen molar-refractivity contribution in [3.8, 4) is 0 Å². The Kier molecular flexibility index (Phi) is 7.19. The lowest BCUT2D eigenvalue weighted by Gasteiger charge is -2.38. The van der Waals surface area contributed by atoms with Crippen molar-refractivity contribution in [1.82, 2.24) is 9.88 Å². The van der Waals surface area contributed by atoms with Gasteiger partial charge >= 0.3 is 0 Å². The van der Waals surface area contributed by atoms with E-state index < -0.39 is 21.2 Å². The smallest absolute Gasteiger partial charge is 0.264 e. The molecule has 1 amide bonds. The van der Waals surface area contributed by atoms with Crippen LogP contribution in [0.4, 0.5) is 5.69 Å². The molecule has 0 unspecified atom stereocenters. The summed E-state index contributed by atoms with van der Waals surface area (Å²) in [5, 5.41) is 20.7. The number of aliphatic hydroxyl groups is 2. The third-order valence-corrected chi connectivity index (χ3v) is 8.62. The number of hydrogen-bond acceptors (Lipinski definition) is 7. The first-order valence-electron chi connectivity index (χ1n) is 11.7. The molecule has 1 aliphatic heterocycles. The number of carbonyl (C=O) groups excluding carboxylic acids is 1. The van der Waals surface area contributed by atoms with E-state index in [1.807, 2.05) is 6.07 Å². The van der Waals surface area contributed by atoms with Gasteiger partial charge in [-0.2, -0.15) is 0 Å². The van der Waals surface area contributed by atoms with E-state index >= 15 is 0 Å². The molecule has 35 heavy (non-hydrogen) atoms. The molecule has 3 aromatic rings. The van der Waals surface area contributed by atoms with E-state index in [-0.39, 0.29) is 10.8 Å². The first-order chi connectivity index (χ1) is 16.5.